The summed E-state index contributed by atoms with van der Waals surface area (Å²) in [6.07, 6.45) is 8.18. The van der Waals surface area contributed by atoms with E-state index in [4.69, 9.17) is 18.1 Å². The average Bonchev–Trinajstić information content (AvgIpc) is 3.23. The van der Waals surface area contributed by atoms with Crippen LogP contribution in [0, 0.1) is 23.2 Å². The molecule has 0 aromatic rings. The van der Waals surface area contributed by atoms with Crippen LogP contribution in [0.15, 0.2) is 35.5 Å². The van der Waals surface area contributed by atoms with Crippen molar-refractivity contribution in [2.24, 2.45) is 23.2 Å². The molecule has 5 nitrogen and oxygen atoms in total. The highest BCUT2D eigenvalue weighted by Gasteiger charge is 2.50. The Morgan fingerprint density at radius 1 is 1.26 bits per heavy atom. The zero-order valence-corrected chi connectivity index (χ0v) is 21.5. The Bertz CT molecular complexity index is 959. The molecular formula is C30H50O5. The van der Waals surface area contributed by atoms with Gasteiger partial charge < -0.3 is 25.2 Å². The standard InChI is InChI=1S/C30H50O5/c1-20(9-6-15-29(3,4)34)24-13-14-25-22(10-7-16-30(24,25)5)11-12-23-19-26(32)28(27(33)21(23)2)35-18-8-17-31/h11-12,20,24-28,31-34H,2,6-10,13-19H2,1,3-5H3/b22-11+,23-12-/t20-,24-,25+,26-,27-,28-,30-/m1/s1/i3T3,4T3. The Kier molecular flexibility index (Phi) is 7.23. The number of fused-ring (bicyclic) bond motifs is 1. The van der Waals surface area contributed by atoms with E-state index in [2.05, 4.69) is 26.5 Å². The zero-order chi connectivity index (χ0) is 30.8. The lowest BCUT2D eigenvalue weighted by atomic mass is 9.60. The van der Waals surface area contributed by atoms with Crippen molar-refractivity contribution in [2.75, 3.05) is 13.2 Å². The summed E-state index contributed by atoms with van der Waals surface area (Å²) in [6.45, 7) is 2.85. The molecular weight excluding hydrogens is 440 g/mol. The molecule has 0 aliphatic heterocycles. The topological polar surface area (TPSA) is 90.2 Å². The molecule has 5 heteroatoms. The number of rotatable bonds is 10. The van der Waals surface area contributed by atoms with Crippen molar-refractivity contribution < 1.29 is 33.4 Å². The molecule has 0 radical (unpaired) electrons. The van der Waals surface area contributed by atoms with E-state index in [0.29, 0.717) is 43.1 Å². The highest BCUT2D eigenvalue weighted by atomic mass is 16.5. The lowest BCUT2D eigenvalue weighted by molar-refractivity contribution is -0.0968. The van der Waals surface area contributed by atoms with Gasteiger partial charge in [-0.05, 0) is 93.0 Å². The van der Waals surface area contributed by atoms with E-state index in [1.54, 1.807) is 0 Å². The summed E-state index contributed by atoms with van der Waals surface area (Å²) in [7, 11) is 0. The molecule has 7 atom stereocenters. The van der Waals surface area contributed by atoms with Crippen LogP contribution in [0.4, 0.5) is 0 Å². The van der Waals surface area contributed by atoms with Gasteiger partial charge in [-0.15, -0.1) is 0 Å². The molecule has 0 aromatic heterocycles. The van der Waals surface area contributed by atoms with Gasteiger partial charge in [-0.3, -0.25) is 0 Å². The van der Waals surface area contributed by atoms with Crippen LogP contribution in [0.1, 0.15) is 100.0 Å². The van der Waals surface area contributed by atoms with Crippen molar-refractivity contribution in [3.05, 3.63) is 35.5 Å². The second-order valence-corrected chi connectivity index (χ2v) is 11.4. The van der Waals surface area contributed by atoms with Crippen molar-refractivity contribution in [3.8, 4) is 0 Å². The molecule has 0 heterocycles. The van der Waals surface area contributed by atoms with Gasteiger partial charge in [0.1, 0.15) is 12.2 Å². The number of hydrogen-bond donors (Lipinski definition) is 4. The minimum Gasteiger partial charge on any atom is -0.396 e. The maximum absolute atomic E-state index is 10.7. The van der Waals surface area contributed by atoms with Crippen molar-refractivity contribution in [2.45, 2.75) is 116 Å². The van der Waals surface area contributed by atoms with Gasteiger partial charge in [-0.25, -0.2) is 0 Å². The van der Waals surface area contributed by atoms with Crippen molar-refractivity contribution in [1.29, 1.82) is 0 Å². The van der Waals surface area contributed by atoms with Gasteiger partial charge in [0.25, 0.3) is 0 Å². The molecule has 0 bridgehead atoms. The number of aliphatic hydroxyl groups is 4. The van der Waals surface area contributed by atoms with Crippen LogP contribution in [-0.4, -0.2) is 57.6 Å². The van der Waals surface area contributed by atoms with Crippen LogP contribution < -0.4 is 0 Å². The Hall–Kier alpha value is -0.980. The van der Waals surface area contributed by atoms with Crippen LogP contribution >= 0.6 is 0 Å². The second-order valence-electron chi connectivity index (χ2n) is 11.4. The van der Waals surface area contributed by atoms with Gasteiger partial charge in [0.15, 0.2) is 0 Å². The molecule has 0 amide bonds. The SMILES string of the molecule is [3H]C([3H])([3H])C(O)(CCC[C@@H](C)[C@H]1CC[C@H]2/C(=C/C=C3/C[C@@H](O)[C@@H](OCCCO)[C@H](O)C3=C)CCC[C@]12C)C([3H])([3H])[3H]. The second kappa shape index (κ2) is 12.0. The normalized spacial score (nSPS) is 40.4. The van der Waals surface area contributed by atoms with Gasteiger partial charge >= 0.3 is 0 Å². The van der Waals surface area contributed by atoms with Crippen molar-refractivity contribution in [3.63, 3.8) is 0 Å². The maximum atomic E-state index is 10.7. The van der Waals surface area contributed by atoms with Crippen molar-refractivity contribution in [1.82, 2.24) is 0 Å². The predicted octanol–water partition coefficient (Wildman–Crippen LogP) is 5.08. The predicted molar refractivity (Wildman–Crippen MR) is 141 cm³/mol. The zero-order valence-electron chi connectivity index (χ0n) is 27.5. The summed E-state index contributed by atoms with van der Waals surface area (Å²) in [6, 6.07) is 0. The molecule has 35 heavy (non-hydrogen) atoms. The van der Waals surface area contributed by atoms with Crippen LogP contribution in [0.3, 0.4) is 0 Å². The fourth-order valence-corrected chi connectivity index (χ4v) is 7.04. The monoisotopic (exact) mass is 502 g/mol. The number of allylic oxidation sites excluding steroid dienone is 3. The van der Waals surface area contributed by atoms with Crippen molar-refractivity contribution >= 4 is 0 Å². The van der Waals surface area contributed by atoms with Gasteiger partial charge in [0, 0.05) is 27.9 Å². The third-order valence-corrected chi connectivity index (χ3v) is 8.92. The van der Waals surface area contributed by atoms with Gasteiger partial charge in [-0.2, -0.15) is 0 Å². The summed E-state index contributed by atoms with van der Waals surface area (Å²) < 4.78 is 51.4. The van der Waals surface area contributed by atoms with E-state index in [-0.39, 0.29) is 31.0 Å². The molecule has 200 valence electrons. The summed E-state index contributed by atoms with van der Waals surface area (Å²) >= 11 is 0. The maximum Gasteiger partial charge on any atom is 0.114 e. The fraction of sp³-hybridized carbons (Fsp3) is 0.800. The van der Waals surface area contributed by atoms with Gasteiger partial charge in [-0.1, -0.05) is 51.0 Å². The molecule has 3 fully saturated rings. The lowest BCUT2D eigenvalue weighted by Gasteiger charge is -2.44. The summed E-state index contributed by atoms with van der Waals surface area (Å²) in [4.78, 5) is 0. The first-order valence-corrected chi connectivity index (χ1v) is 13.4. The molecule has 3 aliphatic carbocycles. The first-order valence-electron chi connectivity index (χ1n) is 16.4. The smallest absolute Gasteiger partial charge is 0.114 e. The first-order chi connectivity index (χ1) is 19.0. The Balaban J connectivity index is 1.67. The lowest BCUT2D eigenvalue weighted by Crippen LogP contribution is -2.45. The molecule has 0 spiro atoms. The van der Waals surface area contributed by atoms with Crippen LogP contribution in [0.5, 0.6) is 0 Å². The Morgan fingerprint density at radius 2 is 2.03 bits per heavy atom. The van der Waals surface area contributed by atoms with Crippen LogP contribution in [0.2, 0.25) is 0 Å². The van der Waals surface area contributed by atoms with Gasteiger partial charge in [0.2, 0.25) is 0 Å². The molecule has 3 rings (SSSR count). The highest BCUT2D eigenvalue weighted by molar-refractivity contribution is 5.40. The van der Waals surface area contributed by atoms with Gasteiger partial charge in [0.05, 0.1) is 11.7 Å². The number of hydrogen-bond acceptors (Lipinski definition) is 5. The van der Waals surface area contributed by atoms with E-state index in [9.17, 15) is 15.3 Å². The molecule has 0 saturated heterocycles. The average molecular weight is 503 g/mol. The summed E-state index contributed by atoms with van der Waals surface area (Å²) in [5.74, 6) is 1.05. The first kappa shape index (κ1) is 21.0. The third kappa shape index (κ3) is 6.87. The minimum atomic E-state index is -2.98. The number of aliphatic hydroxyl groups excluding tert-OH is 3. The van der Waals surface area contributed by atoms with E-state index in [1.807, 2.05) is 6.08 Å². The van der Waals surface area contributed by atoms with Crippen LogP contribution in [0.25, 0.3) is 0 Å². The molecule has 3 aliphatic rings. The summed E-state index contributed by atoms with van der Waals surface area (Å²) in [5, 5.41) is 41.0. The minimum absolute atomic E-state index is 0.0169. The molecule has 0 aromatic carbocycles. The highest BCUT2D eigenvalue weighted by Crippen LogP contribution is 2.60. The fourth-order valence-electron chi connectivity index (χ4n) is 7.04. The van der Waals surface area contributed by atoms with E-state index in [0.717, 1.165) is 37.7 Å². The van der Waals surface area contributed by atoms with E-state index >= 15 is 0 Å². The Morgan fingerprint density at radius 3 is 2.74 bits per heavy atom. The van der Waals surface area contributed by atoms with Crippen LogP contribution in [-0.2, 0) is 4.74 Å². The largest absolute Gasteiger partial charge is 0.396 e. The number of ether oxygens (including phenoxy) is 1. The van der Waals surface area contributed by atoms with E-state index < -0.39 is 37.6 Å². The van der Waals surface area contributed by atoms with E-state index in [1.165, 1.54) is 5.57 Å². The molecule has 0 unspecified atom stereocenters. The summed E-state index contributed by atoms with van der Waals surface area (Å²) in [5.41, 5.74) is 0.0858. The molecule has 3 saturated carbocycles. The third-order valence-electron chi connectivity index (χ3n) is 8.92. The molecule has 4 N–H and O–H groups in total. The quantitative estimate of drug-likeness (QED) is 0.313. The Labute approximate surface area is 221 Å².